The van der Waals surface area contributed by atoms with Gasteiger partial charge in [0.2, 0.25) is 0 Å². The van der Waals surface area contributed by atoms with Crippen molar-refractivity contribution in [3.63, 3.8) is 0 Å². The molecule has 0 aliphatic rings. The molecular formula is C8H8ClN3O. The maximum absolute atomic E-state index is 5.58. The molecule has 4 nitrogen and oxygen atoms in total. The van der Waals surface area contributed by atoms with Gasteiger partial charge >= 0.3 is 6.01 Å². The first-order valence-corrected chi connectivity index (χ1v) is 4.35. The van der Waals surface area contributed by atoms with E-state index in [4.69, 9.17) is 16.0 Å². The molecule has 0 unspecified atom stereocenters. The van der Waals surface area contributed by atoms with Crippen LogP contribution < -0.4 is 0 Å². The zero-order valence-electron chi connectivity index (χ0n) is 7.07. The predicted molar refractivity (Wildman–Crippen MR) is 47.9 cm³/mol. The average Bonchev–Trinajstić information content (AvgIpc) is 2.71. The van der Waals surface area contributed by atoms with E-state index in [-0.39, 0.29) is 0 Å². The number of rotatable bonds is 2. The lowest BCUT2D eigenvalue weighted by atomic mass is 10.4. The number of nitrogens with zero attached hydrogens (tertiary/aromatic N) is 3. The smallest absolute Gasteiger partial charge is 0.322 e. The number of aromatic nitrogens is 3. The molecule has 0 fully saturated rings. The molecule has 0 amide bonds. The Morgan fingerprint density at radius 1 is 1.62 bits per heavy atom. The summed E-state index contributed by atoms with van der Waals surface area (Å²) in [5.74, 6) is 0.351. The van der Waals surface area contributed by atoms with Gasteiger partial charge in [-0.15, -0.1) is 11.6 Å². The van der Waals surface area contributed by atoms with Crippen molar-refractivity contribution in [2.75, 3.05) is 0 Å². The van der Waals surface area contributed by atoms with Crippen LogP contribution in [0.3, 0.4) is 0 Å². The summed E-state index contributed by atoms with van der Waals surface area (Å²) in [5, 5.41) is 4.05. The van der Waals surface area contributed by atoms with Gasteiger partial charge in [0, 0.05) is 6.20 Å². The quantitative estimate of drug-likeness (QED) is 0.691. The Kier molecular flexibility index (Phi) is 2.06. The molecule has 2 heterocycles. The summed E-state index contributed by atoms with van der Waals surface area (Å²) in [4.78, 5) is 4.11. The van der Waals surface area contributed by atoms with E-state index in [1.165, 1.54) is 6.26 Å². The molecule has 0 aromatic carbocycles. The Bertz CT molecular complexity index is 407. The van der Waals surface area contributed by atoms with Crippen LogP contribution in [-0.4, -0.2) is 14.8 Å². The molecule has 0 radical (unpaired) electrons. The molecule has 0 bridgehead atoms. The van der Waals surface area contributed by atoms with Crippen molar-refractivity contribution in [1.29, 1.82) is 0 Å². The molecule has 0 aliphatic heterocycles. The minimum Gasteiger partial charge on any atom is -0.430 e. The molecule has 2 aromatic heterocycles. The number of aryl methyl sites for hydroxylation is 1. The molecule has 0 atom stereocenters. The highest BCUT2D eigenvalue weighted by Crippen LogP contribution is 2.09. The average molecular weight is 198 g/mol. The molecule has 13 heavy (non-hydrogen) atoms. The predicted octanol–water partition coefficient (Wildman–Crippen LogP) is 1.91. The van der Waals surface area contributed by atoms with Crippen LogP contribution in [0.25, 0.3) is 6.01 Å². The van der Waals surface area contributed by atoms with Crippen LogP contribution in [0.2, 0.25) is 0 Å². The van der Waals surface area contributed by atoms with Crippen molar-refractivity contribution in [3.05, 3.63) is 29.9 Å². The lowest BCUT2D eigenvalue weighted by Crippen LogP contribution is -1.94. The number of alkyl halides is 1. The third-order valence-electron chi connectivity index (χ3n) is 1.58. The lowest BCUT2D eigenvalue weighted by Gasteiger charge is -1.89. The first-order chi connectivity index (χ1) is 6.29. The third kappa shape index (κ3) is 1.58. The van der Waals surface area contributed by atoms with Crippen LogP contribution in [0.5, 0.6) is 0 Å². The van der Waals surface area contributed by atoms with Crippen molar-refractivity contribution in [1.82, 2.24) is 14.8 Å². The SMILES string of the molecule is Cc1cnn(-c2nc(CCl)co2)c1. The van der Waals surface area contributed by atoms with Crippen LogP contribution in [0.15, 0.2) is 23.1 Å². The molecule has 0 aliphatic carbocycles. The third-order valence-corrected chi connectivity index (χ3v) is 1.86. The molecule has 2 aromatic rings. The van der Waals surface area contributed by atoms with Crippen LogP contribution in [0, 0.1) is 6.92 Å². The lowest BCUT2D eigenvalue weighted by molar-refractivity contribution is 0.509. The highest BCUT2D eigenvalue weighted by atomic mass is 35.5. The molecular weight excluding hydrogens is 190 g/mol. The van der Waals surface area contributed by atoms with E-state index in [1.54, 1.807) is 10.9 Å². The Hall–Kier alpha value is -1.29. The van der Waals surface area contributed by atoms with E-state index >= 15 is 0 Å². The van der Waals surface area contributed by atoms with Crippen LogP contribution >= 0.6 is 11.6 Å². The van der Waals surface area contributed by atoms with Crippen molar-refractivity contribution in [2.24, 2.45) is 0 Å². The molecule has 68 valence electrons. The van der Waals surface area contributed by atoms with Gasteiger partial charge < -0.3 is 4.42 Å². The first-order valence-electron chi connectivity index (χ1n) is 3.81. The van der Waals surface area contributed by atoms with Gasteiger partial charge in [-0.2, -0.15) is 14.8 Å². The van der Waals surface area contributed by atoms with E-state index in [1.807, 2.05) is 13.1 Å². The number of oxazole rings is 1. The molecule has 0 N–H and O–H groups in total. The van der Waals surface area contributed by atoms with Gasteiger partial charge in [-0.1, -0.05) is 0 Å². The topological polar surface area (TPSA) is 43.9 Å². The normalized spacial score (nSPS) is 10.6. The van der Waals surface area contributed by atoms with Crippen molar-refractivity contribution in [2.45, 2.75) is 12.8 Å². The fraction of sp³-hybridized carbons (Fsp3) is 0.250. The van der Waals surface area contributed by atoms with E-state index in [0.717, 1.165) is 5.56 Å². The minimum atomic E-state index is 0.351. The van der Waals surface area contributed by atoms with Gasteiger partial charge in [-0.05, 0) is 12.5 Å². The molecule has 0 saturated heterocycles. The van der Waals surface area contributed by atoms with Crippen LogP contribution in [0.1, 0.15) is 11.3 Å². The Morgan fingerprint density at radius 3 is 3.00 bits per heavy atom. The highest BCUT2D eigenvalue weighted by Gasteiger charge is 2.05. The first kappa shape index (κ1) is 8.31. The molecule has 5 heteroatoms. The summed E-state index contributed by atoms with van der Waals surface area (Å²) in [6, 6.07) is 0.448. The maximum atomic E-state index is 5.58. The summed E-state index contributed by atoms with van der Waals surface area (Å²) in [5.41, 5.74) is 1.77. The van der Waals surface area contributed by atoms with Crippen LogP contribution in [-0.2, 0) is 5.88 Å². The van der Waals surface area contributed by atoms with Gasteiger partial charge in [-0.3, -0.25) is 0 Å². The highest BCUT2D eigenvalue weighted by molar-refractivity contribution is 6.16. The minimum absolute atomic E-state index is 0.351. The van der Waals surface area contributed by atoms with Gasteiger partial charge in [-0.25, -0.2) is 0 Å². The van der Waals surface area contributed by atoms with E-state index in [0.29, 0.717) is 17.6 Å². The zero-order valence-corrected chi connectivity index (χ0v) is 7.82. The summed E-state index contributed by atoms with van der Waals surface area (Å²) in [6.07, 6.45) is 5.10. The van der Waals surface area contributed by atoms with Gasteiger partial charge in [0.05, 0.1) is 17.8 Å². The summed E-state index contributed by atoms with van der Waals surface area (Å²) in [7, 11) is 0. The second-order valence-electron chi connectivity index (χ2n) is 2.72. The van der Waals surface area contributed by atoms with Crippen LogP contribution in [0.4, 0.5) is 0 Å². The van der Waals surface area contributed by atoms with E-state index < -0.39 is 0 Å². The van der Waals surface area contributed by atoms with Crippen molar-refractivity contribution >= 4 is 11.6 Å². The summed E-state index contributed by atoms with van der Waals surface area (Å²) in [6.45, 7) is 1.95. The largest absolute Gasteiger partial charge is 0.430 e. The summed E-state index contributed by atoms with van der Waals surface area (Å²) >= 11 is 5.58. The molecule has 0 saturated carbocycles. The van der Waals surface area contributed by atoms with Crippen molar-refractivity contribution in [3.8, 4) is 6.01 Å². The maximum Gasteiger partial charge on any atom is 0.322 e. The fourth-order valence-electron chi connectivity index (χ4n) is 0.980. The Morgan fingerprint density at radius 2 is 2.46 bits per heavy atom. The summed E-state index contributed by atoms with van der Waals surface area (Å²) < 4.78 is 6.73. The fourth-order valence-corrected chi connectivity index (χ4v) is 1.10. The van der Waals surface area contributed by atoms with Gasteiger partial charge in [0.1, 0.15) is 6.26 Å². The van der Waals surface area contributed by atoms with E-state index in [9.17, 15) is 0 Å². The number of halogens is 1. The molecule has 0 spiro atoms. The Labute approximate surface area is 80.1 Å². The number of hydrogen-bond acceptors (Lipinski definition) is 3. The standard InChI is InChI=1S/C8H8ClN3O/c1-6-3-10-12(4-6)8-11-7(2-9)5-13-8/h3-5H,2H2,1H3. The monoisotopic (exact) mass is 197 g/mol. The number of hydrogen-bond donors (Lipinski definition) is 0. The Balaban J connectivity index is 2.35. The van der Waals surface area contributed by atoms with E-state index in [2.05, 4.69) is 10.1 Å². The second-order valence-corrected chi connectivity index (χ2v) is 2.98. The zero-order chi connectivity index (χ0) is 9.26. The second kappa shape index (κ2) is 3.22. The van der Waals surface area contributed by atoms with Gasteiger partial charge in [0.25, 0.3) is 0 Å². The molecule has 2 rings (SSSR count). The van der Waals surface area contributed by atoms with Gasteiger partial charge in [0.15, 0.2) is 0 Å². The van der Waals surface area contributed by atoms with Crippen molar-refractivity contribution < 1.29 is 4.42 Å².